The zero-order valence-corrected chi connectivity index (χ0v) is 29.4. The SMILES string of the molecule is CCC(C)NC(=O)C(Cc1ccccc1)N(Cc1ccc(Cl)cc1Cl)C(=O)CN(c1cccc(C(F)(F)F)c1)S(=O)(=O)c1ccc(C)cc1. The lowest BCUT2D eigenvalue weighted by Gasteiger charge is -2.34. The van der Waals surface area contributed by atoms with Crippen molar-refractivity contribution in [3.8, 4) is 0 Å². The van der Waals surface area contributed by atoms with Crippen LogP contribution in [0.2, 0.25) is 10.0 Å². The van der Waals surface area contributed by atoms with Gasteiger partial charge < -0.3 is 10.2 Å². The molecule has 13 heteroatoms. The van der Waals surface area contributed by atoms with Gasteiger partial charge in [-0.2, -0.15) is 13.2 Å². The fourth-order valence-corrected chi connectivity index (χ4v) is 6.91. The molecule has 0 saturated heterocycles. The Morgan fingerprint density at radius 2 is 1.57 bits per heavy atom. The average molecular weight is 735 g/mol. The number of rotatable bonds is 13. The molecule has 0 aromatic heterocycles. The summed E-state index contributed by atoms with van der Waals surface area (Å²) in [4.78, 5) is 29.5. The second-order valence-electron chi connectivity index (χ2n) is 11.7. The zero-order chi connectivity index (χ0) is 35.9. The van der Waals surface area contributed by atoms with Gasteiger partial charge in [-0.15, -0.1) is 0 Å². The van der Waals surface area contributed by atoms with Crippen LogP contribution in [0.25, 0.3) is 0 Å². The number of aryl methyl sites for hydroxylation is 1. The number of sulfonamides is 1. The summed E-state index contributed by atoms with van der Waals surface area (Å²) in [6, 6.07) is 21.6. The molecule has 0 radical (unpaired) electrons. The summed E-state index contributed by atoms with van der Waals surface area (Å²) in [5, 5.41) is 3.46. The molecule has 0 aliphatic rings. The smallest absolute Gasteiger partial charge is 0.352 e. The van der Waals surface area contributed by atoms with Crippen molar-refractivity contribution in [1.82, 2.24) is 10.2 Å². The van der Waals surface area contributed by atoms with Gasteiger partial charge in [0.1, 0.15) is 12.6 Å². The van der Waals surface area contributed by atoms with Crippen LogP contribution < -0.4 is 9.62 Å². The highest BCUT2D eigenvalue weighted by molar-refractivity contribution is 7.92. The highest BCUT2D eigenvalue weighted by Crippen LogP contribution is 2.34. The highest BCUT2D eigenvalue weighted by atomic mass is 35.5. The monoisotopic (exact) mass is 733 g/mol. The van der Waals surface area contributed by atoms with E-state index in [1.54, 1.807) is 61.5 Å². The van der Waals surface area contributed by atoms with Crippen LogP contribution in [-0.2, 0) is 38.8 Å². The van der Waals surface area contributed by atoms with Crippen molar-refractivity contribution in [3.05, 3.63) is 129 Å². The lowest BCUT2D eigenvalue weighted by molar-refractivity contribution is -0.140. The molecule has 0 spiro atoms. The molecule has 0 fully saturated rings. The number of carbonyl (C=O) groups excluding carboxylic acids is 2. The third-order valence-electron chi connectivity index (χ3n) is 7.98. The van der Waals surface area contributed by atoms with Crippen LogP contribution in [0.1, 0.15) is 42.5 Å². The first kappa shape index (κ1) is 37.8. The second-order valence-corrected chi connectivity index (χ2v) is 14.4. The molecule has 0 heterocycles. The van der Waals surface area contributed by atoms with Gasteiger partial charge in [-0.05, 0) is 73.9 Å². The topological polar surface area (TPSA) is 86.8 Å². The fourth-order valence-electron chi connectivity index (χ4n) is 5.03. The number of amides is 2. The molecule has 0 aliphatic carbocycles. The summed E-state index contributed by atoms with van der Waals surface area (Å²) in [6.45, 7) is 4.28. The van der Waals surface area contributed by atoms with E-state index in [9.17, 15) is 31.2 Å². The van der Waals surface area contributed by atoms with E-state index in [4.69, 9.17) is 23.2 Å². The Morgan fingerprint density at radius 1 is 0.898 bits per heavy atom. The van der Waals surface area contributed by atoms with Crippen LogP contribution in [0.5, 0.6) is 0 Å². The molecular weight excluding hydrogens is 698 g/mol. The summed E-state index contributed by atoms with van der Waals surface area (Å²) in [5.74, 6) is -1.34. The maximum Gasteiger partial charge on any atom is 0.416 e. The van der Waals surface area contributed by atoms with Gasteiger partial charge in [0.05, 0.1) is 16.1 Å². The molecule has 260 valence electrons. The Morgan fingerprint density at radius 3 is 2.18 bits per heavy atom. The van der Waals surface area contributed by atoms with E-state index < -0.39 is 46.2 Å². The highest BCUT2D eigenvalue weighted by Gasteiger charge is 2.37. The Hall–Kier alpha value is -4.06. The van der Waals surface area contributed by atoms with Gasteiger partial charge in [0.25, 0.3) is 10.0 Å². The quantitative estimate of drug-likeness (QED) is 0.151. The number of halogens is 5. The third-order valence-corrected chi connectivity index (χ3v) is 10.4. The van der Waals surface area contributed by atoms with Gasteiger partial charge >= 0.3 is 6.18 Å². The molecule has 2 unspecified atom stereocenters. The van der Waals surface area contributed by atoms with Crippen molar-refractivity contribution < 1.29 is 31.2 Å². The molecule has 1 N–H and O–H groups in total. The lowest BCUT2D eigenvalue weighted by atomic mass is 10.0. The Balaban J connectivity index is 1.87. The zero-order valence-electron chi connectivity index (χ0n) is 27.0. The average Bonchev–Trinajstić information content (AvgIpc) is 3.06. The summed E-state index contributed by atoms with van der Waals surface area (Å²) in [6.07, 6.45) is -4.14. The van der Waals surface area contributed by atoms with E-state index in [2.05, 4.69) is 5.32 Å². The molecule has 0 aliphatic heterocycles. The number of benzene rings is 4. The molecule has 2 atom stereocenters. The number of hydrogen-bond donors (Lipinski definition) is 1. The van der Waals surface area contributed by atoms with Crippen LogP contribution in [0.15, 0.2) is 102 Å². The van der Waals surface area contributed by atoms with E-state index in [0.29, 0.717) is 32.9 Å². The predicted molar refractivity (Wildman–Crippen MR) is 186 cm³/mol. The van der Waals surface area contributed by atoms with E-state index in [0.717, 1.165) is 17.7 Å². The van der Waals surface area contributed by atoms with Crippen LogP contribution in [-0.4, -0.2) is 43.8 Å². The first-order valence-corrected chi connectivity index (χ1v) is 17.6. The Kier molecular flexibility index (Phi) is 12.4. The number of nitrogens with one attached hydrogen (secondary N) is 1. The third kappa shape index (κ3) is 9.77. The molecule has 4 aromatic carbocycles. The second kappa shape index (κ2) is 16.1. The molecule has 49 heavy (non-hydrogen) atoms. The minimum Gasteiger partial charge on any atom is -0.352 e. The first-order valence-electron chi connectivity index (χ1n) is 15.4. The number of hydrogen-bond acceptors (Lipinski definition) is 4. The summed E-state index contributed by atoms with van der Waals surface area (Å²) < 4.78 is 70.4. The van der Waals surface area contributed by atoms with Gasteiger partial charge in [-0.3, -0.25) is 13.9 Å². The largest absolute Gasteiger partial charge is 0.416 e. The number of nitrogens with zero attached hydrogens (tertiary/aromatic N) is 2. The van der Waals surface area contributed by atoms with E-state index in [1.165, 1.54) is 29.2 Å². The number of anilines is 1. The number of carbonyl (C=O) groups is 2. The van der Waals surface area contributed by atoms with Crippen molar-refractivity contribution >= 4 is 50.7 Å². The van der Waals surface area contributed by atoms with Crippen LogP contribution in [0, 0.1) is 6.92 Å². The minimum absolute atomic E-state index is 0.0499. The predicted octanol–water partition coefficient (Wildman–Crippen LogP) is 8.07. The van der Waals surface area contributed by atoms with E-state index in [-0.39, 0.29) is 34.6 Å². The van der Waals surface area contributed by atoms with Gasteiger partial charge in [-0.1, -0.05) is 90.3 Å². The fraction of sp³-hybridized carbons (Fsp3) is 0.278. The molecule has 2 amide bonds. The van der Waals surface area contributed by atoms with Crippen molar-refractivity contribution in [3.63, 3.8) is 0 Å². The Labute approximate surface area is 294 Å². The van der Waals surface area contributed by atoms with Crippen molar-refractivity contribution in [2.75, 3.05) is 10.8 Å². The molecule has 0 bridgehead atoms. The van der Waals surface area contributed by atoms with Gasteiger partial charge in [0, 0.05) is 29.1 Å². The molecule has 4 aromatic rings. The van der Waals surface area contributed by atoms with Crippen molar-refractivity contribution in [2.24, 2.45) is 0 Å². The number of alkyl halides is 3. The van der Waals surface area contributed by atoms with Crippen LogP contribution in [0.4, 0.5) is 18.9 Å². The van der Waals surface area contributed by atoms with Crippen molar-refractivity contribution in [2.45, 2.75) is 63.3 Å². The maximum atomic E-state index is 14.6. The minimum atomic E-state index is -4.79. The van der Waals surface area contributed by atoms with Crippen LogP contribution in [0.3, 0.4) is 0 Å². The summed E-state index contributed by atoms with van der Waals surface area (Å²) >= 11 is 12.6. The molecule has 4 rings (SSSR count). The lowest BCUT2D eigenvalue weighted by Crippen LogP contribution is -2.54. The van der Waals surface area contributed by atoms with Crippen molar-refractivity contribution in [1.29, 1.82) is 0 Å². The normalized spacial score (nSPS) is 13.0. The molecule has 7 nitrogen and oxygen atoms in total. The maximum absolute atomic E-state index is 14.6. The van der Waals surface area contributed by atoms with Crippen LogP contribution >= 0.6 is 23.2 Å². The first-order chi connectivity index (χ1) is 23.1. The molecule has 0 saturated carbocycles. The van der Waals surface area contributed by atoms with Gasteiger partial charge in [0.2, 0.25) is 11.8 Å². The standard InChI is InChI=1S/C36H36Cl2F3N3O4S/c1-4-25(3)42-35(46)33(19-26-9-6-5-7-10-26)43(22-27-15-16-29(37)21-32(27)38)34(45)23-44(30-12-8-11-28(20-30)36(39,40)41)49(47,48)31-17-13-24(2)14-18-31/h5-18,20-21,25,33H,4,19,22-23H2,1-3H3,(H,42,46). The van der Waals surface area contributed by atoms with Gasteiger partial charge in [0.15, 0.2) is 0 Å². The summed E-state index contributed by atoms with van der Waals surface area (Å²) in [7, 11) is -4.60. The summed E-state index contributed by atoms with van der Waals surface area (Å²) in [5.41, 5.74) is 0.413. The van der Waals surface area contributed by atoms with Gasteiger partial charge in [-0.25, -0.2) is 8.42 Å². The van der Waals surface area contributed by atoms with E-state index in [1.807, 2.05) is 13.8 Å². The molecular formula is C36H36Cl2F3N3O4S. The Bertz CT molecular complexity index is 1870. The van der Waals surface area contributed by atoms with E-state index >= 15 is 0 Å².